The van der Waals surface area contributed by atoms with Crippen molar-refractivity contribution in [2.24, 2.45) is 0 Å². The minimum absolute atomic E-state index is 0.267. The average molecular weight is 510 g/mol. The molecule has 0 bridgehead atoms. The molecule has 1 fully saturated rings. The van der Waals surface area contributed by atoms with E-state index < -0.39 is 11.6 Å². The van der Waals surface area contributed by atoms with Gasteiger partial charge in [0.15, 0.2) is 0 Å². The average Bonchev–Trinajstić information content (AvgIpc) is 2.79. The molecule has 36 heavy (non-hydrogen) atoms. The molecule has 2 aromatic carbocycles. The number of nitrogens with one attached hydrogen (secondary N) is 3. The molecule has 5 rings (SSSR count). The molecular formula is C27H26ClF2N5O. The highest BCUT2D eigenvalue weighted by Gasteiger charge is 2.24. The number of hydrogen-bond acceptors (Lipinski definition) is 5. The lowest BCUT2D eigenvalue weighted by atomic mass is 9.95. The second-order valence-corrected chi connectivity index (χ2v) is 9.94. The van der Waals surface area contributed by atoms with Gasteiger partial charge in [0, 0.05) is 42.4 Å². The van der Waals surface area contributed by atoms with Crippen molar-refractivity contribution in [3.63, 3.8) is 0 Å². The molecule has 186 valence electrons. The summed E-state index contributed by atoms with van der Waals surface area (Å²) in [6, 6.07) is 11.3. The number of hydrogen-bond donors (Lipinski definition) is 3. The lowest BCUT2D eigenvalue weighted by Crippen LogP contribution is -2.46. The third-order valence-electron chi connectivity index (χ3n) is 6.40. The number of aromatic amines is 1. The number of pyridine rings is 1. The molecule has 4 aromatic rings. The Morgan fingerprint density at radius 3 is 2.44 bits per heavy atom. The summed E-state index contributed by atoms with van der Waals surface area (Å²) in [5.41, 5.74) is 2.63. The number of rotatable bonds is 5. The number of benzene rings is 2. The Morgan fingerprint density at radius 2 is 1.78 bits per heavy atom. The van der Waals surface area contributed by atoms with Gasteiger partial charge in [-0.05, 0) is 62.6 Å². The van der Waals surface area contributed by atoms with E-state index in [4.69, 9.17) is 11.6 Å². The Kier molecular flexibility index (Phi) is 6.73. The first-order valence-electron chi connectivity index (χ1n) is 11.9. The standard InChI is InChI=1S/C27H26ClF2N5O/c1-14-5-20(6-15(2)32-14)33-25-12-24-21(11-22(25)28)27(36)35-26(34-24)7-16-3-4-23(31-13-16)17-8-18(29)10-19(30)9-17/h3-4,8-15,20,32-33H,5-7H2,1-2H3,(H,34,35,36)/t14-,15+,20?. The zero-order valence-electron chi connectivity index (χ0n) is 19.9. The van der Waals surface area contributed by atoms with E-state index in [2.05, 4.69) is 39.4 Å². The van der Waals surface area contributed by atoms with E-state index in [0.29, 0.717) is 51.5 Å². The summed E-state index contributed by atoms with van der Waals surface area (Å²) >= 11 is 6.51. The second-order valence-electron chi connectivity index (χ2n) is 9.53. The SMILES string of the molecule is C[C@@H]1CC(Nc2cc3nc(Cc4ccc(-c5cc(F)cc(F)c5)nc4)[nH]c(=O)c3cc2Cl)C[C@H](C)N1. The molecule has 3 atom stereocenters. The van der Waals surface area contributed by atoms with Crippen molar-refractivity contribution >= 4 is 28.2 Å². The van der Waals surface area contributed by atoms with Gasteiger partial charge < -0.3 is 15.6 Å². The smallest absolute Gasteiger partial charge is 0.258 e. The molecular weight excluding hydrogens is 484 g/mol. The minimum atomic E-state index is -0.660. The molecule has 1 saturated heterocycles. The molecule has 1 unspecified atom stereocenters. The molecule has 6 nitrogen and oxygen atoms in total. The van der Waals surface area contributed by atoms with Gasteiger partial charge in [-0.3, -0.25) is 9.78 Å². The molecule has 1 aliphatic heterocycles. The van der Waals surface area contributed by atoms with Gasteiger partial charge in [-0.2, -0.15) is 0 Å². The van der Waals surface area contributed by atoms with E-state index in [-0.39, 0.29) is 11.6 Å². The molecule has 0 radical (unpaired) electrons. The Balaban J connectivity index is 1.39. The summed E-state index contributed by atoms with van der Waals surface area (Å²) < 4.78 is 27.1. The lowest BCUT2D eigenvalue weighted by Gasteiger charge is -2.34. The van der Waals surface area contributed by atoms with Crippen molar-refractivity contribution in [2.45, 2.75) is 51.2 Å². The topological polar surface area (TPSA) is 82.7 Å². The van der Waals surface area contributed by atoms with E-state index in [1.807, 2.05) is 6.07 Å². The van der Waals surface area contributed by atoms with Gasteiger partial charge in [0.2, 0.25) is 0 Å². The van der Waals surface area contributed by atoms with Crippen LogP contribution in [-0.4, -0.2) is 33.1 Å². The van der Waals surface area contributed by atoms with Gasteiger partial charge in [0.25, 0.3) is 5.56 Å². The van der Waals surface area contributed by atoms with E-state index >= 15 is 0 Å². The Hall–Kier alpha value is -3.36. The van der Waals surface area contributed by atoms with Crippen LogP contribution in [0.1, 0.15) is 38.1 Å². The molecule has 9 heteroatoms. The number of fused-ring (bicyclic) bond motifs is 1. The Labute approximate surface area is 212 Å². The minimum Gasteiger partial charge on any atom is -0.381 e. The first-order chi connectivity index (χ1) is 17.2. The summed E-state index contributed by atoms with van der Waals surface area (Å²) in [4.78, 5) is 24.6. The van der Waals surface area contributed by atoms with Crippen molar-refractivity contribution in [3.8, 4) is 11.3 Å². The van der Waals surface area contributed by atoms with Crippen LogP contribution in [0.15, 0.2) is 53.5 Å². The van der Waals surface area contributed by atoms with Crippen LogP contribution in [0.25, 0.3) is 22.2 Å². The summed E-state index contributed by atoms with van der Waals surface area (Å²) in [5, 5.41) is 7.96. The fourth-order valence-corrected chi connectivity index (χ4v) is 5.12. The maximum atomic E-state index is 13.5. The summed E-state index contributed by atoms with van der Waals surface area (Å²) in [7, 11) is 0. The molecule has 0 amide bonds. The monoisotopic (exact) mass is 509 g/mol. The number of H-pyrrole nitrogens is 1. The number of aromatic nitrogens is 3. The van der Waals surface area contributed by atoms with Crippen LogP contribution in [-0.2, 0) is 6.42 Å². The van der Waals surface area contributed by atoms with Gasteiger partial charge in [0.05, 0.1) is 27.3 Å². The lowest BCUT2D eigenvalue weighted by molar-refractivity contribution is 0.330. The van der Waals surface area contributed by atoms with Crippen LogP contribution < -0.4 is 16.2 Å². The summed E-state index contributed by atoms with van der Waals surface area (Å²) in [6.07, 6.45) is 3.89. The largest absolute Gasteiger partial charge is 0.381 e. The fourth-order valence-electron chi connectivity index (χ4n) is 4.91. The number of halogens is 3. The van der Waals surface area contributed by atoms with Crippen LogP contribution in [0.2, 0.25) is 5.02 Å². The van der Waals surface area contributed by atoms with E-state index in [1.165, 1.54) is 12.1 Å². The first kappa shape index (κ1) is 24.3. The van der Waals surface area contributed by atoms with Crippen molar-refractivity contribution in [1.82, 2.24) is 20.3 Å². The van der Waals surface area contributed by atoms with Crippen LogP contribution in [0.5, 0.6) is 0 Å². The Bertz CT molecular complexity index is 1440. The zero-order chi connectivity index (χ0) is 25.4. The molecule has 0 aliphatic carbocycles. The van der Waals surface area contributed by atoms with Crippen molar-refractivity contribution < 1.29 is 8.78 Å². The molecule has 0 spiro atoms. The van der Waals surface area contributed by atoms with Gasteiger partial charge >= 0.3 is 0 Å². The van der Waals surface area contributed by atoms with Gasteiger partial charge in [-0.15, -0.1) is 0 Å². The van der Waals surface area contributed by atoms with Crippen LogP contribution >= 0.6 is 11.6 Å². The first-order valence-corrected chi connectivity index (χ1v) is 12.3. The maximum Gasteiger partial charge on any atom is 0.258 e. The highest BCUT2D eigenvalue weighted by molar-refractivity contribution is 6.34. The molecule has 3 heterocycles. The second kappa shape index (κ2) is 9.95. The van der Waals surface area contributed by atoms with E-state index in [1.54, 1.807) is 24.4 Å². The zero-order valence-corrected chi connectivity index (χ0v) is 20.7. The van der Waals surface area contributed by atoms with E-state index in [0.717, 1.165) is 30.2 Å². The van der Waals surface area contributed by atoms with Crippen LogP contribution in [0.3, 0.4) is 0 Å². The predicted molar refractivity (Wildman–Crippen MR) is 138 cm³/mol. The van der Waals surface area contributed by atoms with Gasteiger partial charge in [-0.1, -0.05) is 17.7 Å². The van der Waals surface area contributed by atoms with Crippen LogP contribution in [0.4, 0.5) is 14.5 Å². The number of piperidine rings is 1. The highest BCUT2D eigenvalue weighted by atomic mass is 35.5. The molecule has 0 saturated carbocycles. The molecule has 2 aromatic heterocycles. The molecule has 1 aliphatic rings. The quantitative estimate of drug-likeness (QED) is 0.333. The van der Waals surface area contributed by atoms with Crippen molar-refractivity contribution in [2.75, 3.05) is 5.32 Å². The predicted octanol–water partition coefficient (Wildman–Crippen LogP) is 5.45. The Morgan fingerprint density at radius 1 is 1.06 bits per heavy atom. The maximum absolute atomic E-state index is 13.5. The van der Waals surface area contributed by atoms with Gasteiger partial charge in [-0.25, -0.2) is 13.8 Å². The summed E-state index contributed by atoms with van der Waals surface area (Å²) in [5.74, 6) is -0.838. The highest BCUT2D eigenvalue weighted by Crippen LogP contribution is 2.29. The third-order valence-corrected chi connectivity index (χ3v) is 6.72. The molecule has 3 N–H and O–H groups in total. The van der Waals surface area contributed by atoms with Crippen molar-refractivity contribution in [1.29, 1.82) is 0 Å². The third kappa shape index (κ3) is 5.39. The summed E-state index contributed by atoms with van der Waals surface area (Å²) in [6.45, 7) is 4.33. The number of anilines is 1. The van der Waals surface area contributed by atoms with Crippen molar-refractivity contribution in [3.05, 3.63) is 87.1 Å². The fraction of sp³-hybridized carbons (Fsp3) is 0.296. The number of nitrogens with zero attached hydrogens (tertiary/aromatic N) is 2. The van der Waals surface area contributed by atoms with Crippen LogP contribution in [0, 0.1) is 11.6 Å². The van der Waals surface area contributed by atoms with Gasteiger partial charge in [0.1, 0.15) is 17.5 Å². The van der Waals surface area contributed by atoms with E-state index in [9.17, 15) is 13.6 Å². The normalized spacial score (nSPS) is 20.0.